The molecule has 4 aromatic rings. The third-order valence-electron chi connectivity index (χ3n) is 4.16. The number of hydrogen-bond acceptors (Lipinski definition) is 4. The van der Waals surface area contributed by atoms with Crippen molar-refractivity contribution in [3.8, 4) is 11.5 Å². The number of hydrazone groups is 1. The van der Waals surface area contributed by atoms with E-state index < -0.39 is 0 Å². The number of hydrogen-bond donors (Lipinski definition) is 1. The van der Waals surface area contributed by atoms with Crippen LogP contribution in [0.3, 0.4) is 0 Å². The van der Waals surface area contributed by atoms with Crippen molar-refractivity contribution in [3.63, 3.8) is 0 Å². The largest absolute Gasteiger partial charge is 0.457 e. The number of benzene rings is 3. The first-order chi connectivity index (χ1) is 13.8. The summed E-state index contributed by atoms with van der Waals surface area (Å²) in [6.45, 7) is 0. The van der Waals surface area contributed by atoms with Gasteiger partial charge in [0.15, 0.2) is 0 Å². The number of nitrogens with one attached hydrogen (secondary N) is 1. The Bertz CT molecular complexity index is 1140. The van der Waals surface area contributed by atoms with Crippen LogP contribution in [0.5, 0.6) is 11.5 Å². The number of nitrogens with zero attached hydrogens (tertiary/aromatic N) is 2. The van der Waals surface area contributed by atoms with E-state index in [0.29, 0.717) is 17.1 Å². The summed E-state index contributed by atoms with van der Waals surface area (Å²) in [6.07, 6.45) is 3.33. The van der Waals surface area contributed by atoms with Crippen molar-refractivity contribution in [2.45, 2.75) is 0 Å². The molecule has 0 saturated carbocycles. The van der Waals surface area contributed by atoms with E-state index in [1.165, 1.54) is 0 Å². The number of ether oxygens (including phenoxy) is 1. The lowest BCUT2D eigenvalue weighted by Crippen LogP contribution is -2.18. The number of rotatable bonds is 5. The molecular weight excluding hydrogens is 350 g/mol. The second-order valence-corrected chi connectivity index (χ2v) is 6.03. The summed E-state index contributed by atoms with van der Waals surface area (Å²) in [4.78, 5) is 16.9. The molecular formula is C23H17N3O2. The van der Waals surface area contributed by atoms with Gasteiger partial charge in [0.25, 0.3) is 5.91 Å². The number of aromatic nitrogens is 1. The van der Waals surface area contributed by atoms with E-state index in [4.69, 9.17) is 4.74 Å². The molecule has 0 unspecified atom stereocenters. The number of amides is 1. The molecule has 0 fully saturated rings. The molecule has 0 bridgehead atoms. The smallest absolute Gasteiger partial charge is 0.275 e. The summed E-state index contributed by atoms with van der Waals surface area (Å²) < 4.78 is 5.83. The number of para-hydroxylation sites is 3. The molecule has 0 radical (unpaired) electrons. The lowest BCUT2D eigenvalue weighted by atomic mass is 10.1. The standard InChI is InChI=1S/C23H17N3O2/c27-23(20-11-5-7-13-22(20)28-18-8-2-1-3-9-18)26-25-16-17-14-15-24-21-12-6-4-10-19(17)21/h1-16H,(H,26,27)/b25-16+. The Labute approximate surface area is 162 Å². The summed E-state index contributed by atoms with van der Waals surface area (Å²) in [6, 6.07) is 26.0. The molecule has 0 aliphatic rings. The number of carbonyl (C=O) groups is 1. The van der Waals surface area contributed by atoms with Gasteiger partial charge in [-0.05, 0) is 36.4 Å². The predicted octanol–water partition coefficient (Wildman–Crippen LogP) is 4.79. The Balaban J connectivity index is 1.52. The van der Waals surface area contributed by atoms with Gasteiger partial charge in [-0.3, -0.25) is 9.78 Å². The van der Waals surface area contributed by atoms with Crippen molar-refractivity contribution in [1.82, 2.24) is 10.4 Å². The van der Waals surface area contributed by atoms with Crippen LogP contribution in [0.2, 0.25) is 0 Å². The van der Waals surface area contributed by atoms with Gasteiger partial charge in [0.2, 0.25) is 0 Å². The maximum absolute atomic E-state index is 12.6. The SMILES string of the molecule is O=C(N/N=C/c1ccnc2ccccc12)c1ccccc1Oc1ccccc1. The van der Waals surface area contributed by atoms with Crippen molar-refractivity contribution < 1.29 is 9.53 Å². The van der Waals surface area contributed by atoms with Crippen molar-refractivity contribution >= 4 is 23.0 Å². The van der Waals surface area contributed by atoms with E-state index in [0.717, 1.165) is 16.5 Å². The summed E-state index contributed by atoms with van der Waals surface area (Å²) in [5.74, 6) is 0.784. The minimum absolute atomic E-state index is 0.346. The summed E-state index contributed by atoms with van der Waals surface area (Å²) in [5, 5.41) is 5.08. The van der Waals surface area contributed by atoms with Gasteiger partial charge < -0.3 is 4.74 Å². The molecule has 1 amide bonds. The lowest BCUT2D eigenvalue weighted by Gasteiger charge is -2.09. The van der Waals surface area contributed by atoms with E-state index in [1.54, 1.807) is 30.6 Å². The van der Waals surface area contributed by atoms with E-state index in [1.807, 2.05) is 66.7 Å². The summed E-state index contributed by atoms with van der Waals surface area (Å²) in [5.41, 5.74) is 4.72. The molecule has 1 heterocycles. The predicted molar refractivity (Wildman–Crippen MR) is 110 cm³/mol. The van der Waals surface area contributed by atoms with E-state index in [-0.39, 0.29) is 5.91 Å². The van der Waals surface area contributed by atoms with E-state index in [9.17, 15) is 4.79 Å². The maximum Gasteiger partial charge on any atom is 0.275 e. The van der Waals surface area contributed by atoms with Gasteiger partial charge in [-0.15, -0.1) is 0 Å². The van der Waals surface area contributed by atoms with Gasteiger partial charge in [-0.25, -0.2) is 5.43 Å². The Morgan fingerprint density at radius 1 is 0.893 bits per heavy atom. The zero-order valence-electron chi connectivity index (χ0n) is 14.9. The summed E-state index contributed by atoms with van der Waals surface area (Å²) >= 11 is 0. The number of fused-ring (bicyclic) bond motifs is 1. The van der Waals surface area contributed by atoms with Crippen LogP contribution >= 0.6 is 0 Å². The van der Waals surface area contributed by atoms with Crippen molar-refractivity contribution in [2.75, 3.05) is 0 Å². The Morgan fingerprint density at radius 3 is 2.54 bits per heavy atom. The van der Waals surface area contributed by atoms with Crippen LogP contribution in [0.25, 0.3) is 10.9 Å². The van der Waals surface area contributed by atoms with Gasteiger partial charge in [-0.1, -0.05) is 48.5 Å². The van der Waals surface area contributed by atoms with E-state index in [2.05, 4.69) is 15.5 Å². The molecule has 0 aliphatic heterocycles. The molecule has 1 aromatic heterocycles. The first kappa shape index (κ1) is 17.4. The molecule has 5 nitrogen and oxygen atoms in total. The normalized spacial score (nSPS) is 10.9. The third kappa shape index (κ3) is 3.88. The molecule has 4 rings (SSSR count). The van der Waals surface area contributed by atoms with Crippen LogP contribution in [0.1, 0.15) is 15.9 Å². The van der Waals surface area contributed by atoms with Crippen molar-refractivity contribution in [2.24, 2.45) is 5.10 Å². The van der Waals surface area contributed by atoms with Crippen LogP contribution in [-0.4, -0.2) is 17.1 Å². The van der Waals surface area contributed by atoms with Crippen LogP contribution in [0.15, 0.2) is 96.2 Å². The van der Waals surface area contributed by atoms with Gasteiger partial charge in [0.05, 0.1) is 17.3 Å². The fourth-order valence-electron chi connectivity index (χ4n) is 2.81. The first-order valence-corrected chi connectivity index (χ1v) is 8.80. The maximum atomic E-state index is 12.6. The molecule has 0 spiro atoms. The molecule has 3 aromatic carbocycles. The molecule has 1 N–H and O–H groups in total. The highest BCUT2D eigenvalue weighted by Crippen LogP contribution is 2.25. The van der Waals surface area contributed by atoms with E-state index >= 15 is 0 Å². The average molecular weight is 367 g/mol. The van der Waals surface area contributed by atoms with Crippen LogP contribution in [0, 0.1) is 0 Å². The van der Waals surface area contributed by atoms with Crippen molar-refractivity contribution in [1.29, 1.82) is 0 Å². The molecule has 0 atom stereocenters. The molecule has 0 aliphatic carbocycles. The first-order valence-electron chi connectivity index (χ1n) is 8.80. The van der Waals surface area contributed by atoms with Gasteiger partial charge in [0, 0.05) is 17.1 Å². The molecule has 136 valence electrons. The Hall–Kier alpha value is -3.99. The minimum Gasteiger partial charge on any atom is -0.457 e. The monoisotopic (exact) mass is 367 g/mol. The molecule has 5 heteroatoms. The van der Waals surface area contributed by atoms with Crippen LogP contribution < -0.4 is 10.2 Å². The molecule has 28 heavy (non-hydrogen) atoms. The fourth-order valence-corrected chi connectivity index (χ4v) is 2.81. The lowest BCUT2D eigenvalue weighted by molar-refractivity contribution is 0.0953. The van der Waals surface area contributed by atoms with Gasteiger partial charge >= 0.3 is 0 Å². The van der Waals surface area contributed by atoms with Crippen molar-refractivity contribution in [3.05, 3.63) is 102 Å². The zero-order chi connectivity index (χ0) is 19.2. The Kier molecular flexibility index (Phi) is 5.06. The fraction of sp³-hybridized carbons (Fsp3) is 0. The molecule has 0 saturated heterocycles. The average Bonchev–Trinajstić information content (AvgIpc) is 2.75. The Morgan fingerprint density at radius 2 is 1.64 bits per heavy atom. The zero-order valence-corrected chi connectivity index (χ0v) is 14.9. The van der Waals surface area contributed by atoms with Gasteiger partial charge in [0.1, 0.15) is 11.5 Å². The number of carbonyl (C=O) groups excluding carboxylic acids is 1. The summed E-state index contributed by atoms with van der Waals surface area (Å²) in [7, 11) is 0. The highest BCUT2D eigenvalue weighted by atomic mass is 16.5. The minimum atomic E-state index is -0.346. The van der Waals surface area contributed by atoms with Crippen LogP contribution in [-0.2, 0) is 0 Å². The highest BCUT2D eigenvalue weighted by Gasteiger charge is 2.12. The van der Waals surface area contributed by atoms with Crippen LogP contribution in [0.4, 0.5) is 0 Å². The number of pyridine rings is 1. The van der Waals surface area contributed by atoms with Gasteiger partial charge in [-0.2, -0.15) is 5.10 Å². The topological polar surface area (TPSA) is 63.6 Å². The highest BCUT2D eigenvalue weighted by molar-refractivity contribution is 6.00. The second-order valence-electron chi connectivity index (χ2n) is 6.03. The quantitative estimate of drug-likeness (QED) is 0.407. The second kappa shape index (κ2) is 8.14. The third-order valence-corrected chi connectivity index (χ3v) is 4.16.